The van der Waals surface area contributed by atoms with Crippen molar-refractivity contribution in [3.63, 3.8) is 0 Å². The van der Waals surface area contributed by atoms with E-state index >= 15 is 0 Å². The molecular formula is C18H16N4O4S2. The highest BCUT2D eigenvalue weighted by atomic mass is 32.2. The molecule has 0 fully saturated rings. The zero-order valence-corrected chi connectivity index (χ0v) is 16.7. The van der Waals surface area contributed by atoms with Crippen LogP contribution in [0.5, 0.6) is 11.5 Å². The molecule has 0 aliphatic carbocycles. The average Bonchev–Trinajstić information content (AvgIpc) is 3.36. The average molecular weight is 416 g/mol. The number of nitrogens with one attached hydrogen (secondary N) is 1. The van der Waals surface area contributed by atoms with E-state index in [4.69, 9.17) is 13.9 Å². The number of H-pyrrole nitrogens is 1. The first-order chi connectivity index (χ1) is 13.7. The van der Waals surface area contributed by atoms with Gasteiger partial charge in [-0.3, -0.25) is 9.29 Å². The fourth-order valence-corrected chi connectivity index (χ4v) is 4.19. The number of oxazole rings is 1. The van der Waals surface area contributed by atoms with E-state index in [-0.39, 0.29) is 0 Å². The molecule has 0 amide bonds. The zero-order valence-electron chi connectivity index (χ0n) is 15.0. The van der Waals surface area contributed by atoms with Crippen LogP contribution in [-0.2, 0) is 6.54 Å². The van der Waals surface area contributed by atoms with Crippen LogP contribution >= 0.6 is 23.5 Å². The van der Waals surface area contributed by atoms with E-state index in [2.05, 4.69) is 14.3 Å². The Morgan fingerprint density at radius 3 is 2.86 bits per heavy atom. The van der Waals surface area contributed by atoms with Gasteiger partial charge in [-0.2, -0.15) is 4.37 Å². The Morgan fingerprint density at radius 1 is 1.21 bits per heavy atom. The molecule has 0 saturated heterocycles. The number of benzene rings is 2. The molecule has 0 atom stereocenters. The fraction of sp³-hybridized carbons (Fsp3) is 0.167. The molecule has 10 heteroatoms. The third-order valence-corrected chi connectivity index (χ3v) is 5.77. The third-order valence-electron chi connectivity index (χ3n) is 3.98. The molecule has 2 aromatic carbocycles. The van der Waals surface area contributed by atoms with Crippen LogP contribution in [0.25, 0.3) is 11.1 Å². The van der Waals surface area contributed by atoms with Crippen molar-refractivity contribution in [2.24, 2.45) is 0 Å². The van der Waals surface area contributed by atoms with Gasteiger partial charge in [0.15, 0.2) is 5.58 Å². The molecule has 0 radical (unpaired) electrons. The molecule has 0 saturated carbocycles. The Bertz CT molecular complexity index is 1140. The second-order valence-corrected chi connectivity index (χ2v) is 7.56. The number of aromatic amines is 1. The Labute approximate surface area is 168 Å². The molecule has 8 nitrogen and oxygen atoms in total. The minimum absolute atomic E-state index is 0.471. The Balaban J connectivity index is 1.65. The lowest BCUT2D eigenvalue weighted by Gasteiger charge is -2.21. The summed E-state index contributed by atoms with van der Waals surface area (Å²) in [5.74, 6) is 0.978. The van der Waals surface area contributed by atoms with E-state index in [1.807, 2.05) is 40.7 Å². The van der Waals surface area contributed by atoms with Crippen molar-refractivity contribution in [2.75, 3.05) is 18.5 Å². The van der Waals surface area contributed by atoms with Crippen LogP contribution < -0.4 is 19.5 Å². The van der Waals surface area contributed by atoms with Crippen molar-refractivity contribution in [1.29, 1.82) is 0 Å². The number of fused-ring (bicyclic) bond motifs is 1. The second kappa shape index (κ2) is 7.95. The Morgan fingerprint density at radius 2 is 2.11 bits per heavy atom. The maximum absolute atomic E-state index is 11.4. The standard InChI is InChI=1S/C18H16N4O4S2/c1-24-12-4-3-11(15(7-12)25-2)9-22(17-19-10-20-27-17)28-13-5-6-14-16(8-13)26-18(23)21-14/h3-8,10H,9H2,1-2H3,(H,21,23). The van der Waals surface area contributed by atoms with Crippen LogP contribution in [-0.4, -0.2) is 28.6 Å². The van der Waals surface area contributed by atoms with Crippen LogP contribution in [0.15, 0.2) is 56.8 Å². The highest BCUT2D eigenvalue weighted by Gasteiger charge is 2.17. The number of ether oxygens (including phenoxy) is 2. The number of nitrogens with zero attached hydrogens (tertiary/aromatic N) is 3. The topological polar surface area (TPSA) is 93.5 Å². The van der Waals surface area contributed by atoms with Gasteiger partial charge in [-0.15, -0.1) is 0 Å². The largest absolute Gasteiger partial charge is 0.497 e. The summed E-state index contributed by atoms with van der Waals surface area (Å²) in [6.07, 6.45) is 1.52. The molecule has 0 unspecified atom stereocenters. The lowest BCUT2D eigenvalue weighted by molar-refractivity contribution is 0.391. The first-order valence-corrected chi connectivity index (χ1v) is 9.77. The number of anilines is 1. The molecule has 4 rings (SSSR count). The van der Waals surface area contributed by atoms with Gasteiger partial charge in [0.1, 0.15) is 17.8 Å². The van der Waals surface area contributed by atoms with Crippen molar-refractivity contribution < 1.29 is 13.9 Å². The molecule has 28 heavy (non-hydrogen) atoms. The molecular weight excluding hydrogens is 400 g/mol. The summed E-state index contributed by atoms with van der Waals surface area (Å²) < 4.78 is 22.1. The number of hydrogen-bond acceptors (Lipinski definition) is 9. The minimum Gasteiger partial charge on any atom is -0.497 e. The first kappa shape index (κ1) is 18.4. The molecule has 1 N–H and O–H groups in total. The van der Waals surface area contributed by atoms with E-state index in [1.165, 1.54) is 29.8 Å². The summed E-state index contributed by atoms with van der Waals surface area (Å²) in [6, 6.07) is 11.2. The van der Waals surface area contributed by atoms with Crippen molar-refractivity contribution in [3.8, 4) is 11.5 Å². The van der Waals surface area contributed by atoms with Gasteiger partial charge >= 0.3 is 5.76 Å². The van der Waals surface area contributed by atoms with Gasteiger partial charge < -0.3 is 13.9 Å². The fourth-order valence-electron chi connectivity index (χ4n) is 2.66. The quantitative estimate of drug-likeness (QED) is 0.456. The van der Waals surface area contributed by atoms with Crippen molar-refractivity contribution in [2.45, 2.75) is 11.4 Å². The van der Waals surface area contributed by atoms with Crippen molar-refractivity contribution in [1.82, 2.24) is 14.3 Å². The van der Waals surface area contributed by atoms with Gasteiger partial charge in [-0.1, -0.05) is 0 Å². The SMILES string of the molecule is COc1ccc(CN(Sc2ccc3[nH]c(=O)oc3c2)c2ncns2)c(OC)c1. The molecule has 0 bridgehead atoms. The monoisotopic (exact) mass is 416 g/mol. The highest BCUT2D eigenvalue weighted by Crippen LogP contribution is 2.35. The molecule has 0 aliphatic rings. The lowest BCUT2D eigenvalue weighted by Crippen LogP contribution is -2.14. The van der Waals surface area contributed by atoms with Crippen molar-refractivity contribution >= 4 is 39.7 Å². The van der Waals surface area contributed by atoms with Gasteiger partial charge in [0, 0.05) is 28.1 Å². The molecule has 0 spiro atoms. The first-order valence-electron chi connectivity index (χ1n) is 8.22. The minimum atomic E-state index is -0.471. The summed E-state index contributed by atoms with van der Waals surface area (Å²) in [6.45, 7) is 0.530. The molecule has 2 heterocycles. The van der Waals surface area contributed by atoms with Crippen LogP contribution in [0.3, 0.4) is 0 Å². The van der Waals surface area contributed by atoms with E-state index in [9.17, 15) is 4.79 Å². The smallest absolute Gasteiger partial charge is 0.417 e. The highest BCUT2D eigenvalue weighted by molar-refractivity contribution is 8.00. The lowest BCUT2D eigenvalue weighted by atomic mass is 10.2. The van der Waals surface area contributed by atoms with Crippen LogP contribution in [0, 0.1) is 0 Å². The van der Waals surface area contributed by atoms with Gasteiger partial charge in [-0.25, -0.2) is 9.78 Å². The third kappa shape index (κ3) is 3.82. The maximum atomic E-state index is 11.4. The molecule has 0 aliphatic heterocycles. The van der Waals surface area contributed by atoms with Crippen LogP contribution in [0.2, 0.25) is 0 Å². The van der Waals surface area contributed by atoms with E-state index in [0.717, 1.165) is 27.1 Å². The number of hydrogen-bond donors (Lipinski definition) is 1. The predicted octanol–water partition coefficient (Wildman–Crippen LogP) is 3.70. The summed E-state index contributed by atoms with van der Waals surface area (Å²) in [5.41, 5.74) is 2.14. The van der Waals surface area contributed by atoms with E-state index < -0.39 is 5.76 Å². The second-order valence-electron chi connectivity index (χ2n) is 5.70. The maximum Gasteiger partial charge on any atom is 0.417 e. The van der Waals surface area contributed by atoms with Crippen LogP contribution in [0.1, 0.15) is 5.56 Å². The Hall–Kier alpha value is -2.98. The molecule has 2 aromatic heterocycles. The number of rotatable bonds is 7. The van der Waals surface area contributed by atoms with Crippen LogP contribution in [0.4, 0.5) is 5.13 Å². The van der Waals surface area contributed by atoms with E-state index in [0.29, 0.717) is 17.6 Å². The Kier molecular flexibility index (Phi) is 5.22. The van der Waals surface area contributed by atoms with Gasteiger partial charge in [-0.05, 0) is 42.3 Å². The van der Waals surface area contributed by atoms with Gasteiger partial charge in [0.05, 0.1) is 26.3 Å². The zero-order chi connectivity index (χ0) is 19.5. The summed E-state index contributed by atoms with van der Waals surface area (Å²) in [7, 11) is 3.25. The number of aromatic nitrogens is 3. The molecule has 4 aromatic rings. The molecule has 144 valence electrons. The summed E-state index contributed by atoms with van der Waals surface area (Å²) in [4.78, 5) is 19.3. The van der Waals surface area contributed by atoms with Gasteiger partial charge in [0.25, 0.3) is 0 Å². The predicted molar refractivity (Wildman–Crippen MR) is 108 cm³/mol. The van der Waals surface area contributed by atoms with Crippen molar-refractivity contribution in [3.05, 3.63) is 58.8 Å². The van der Waals surface area contributed by atoms with E-state index in [1.54, 1.807) is 14.2 Å². The normalized spacial score (nSPS) is 10.9. The summed E-state index contributed by atoms with van der Waals surface area (Å²) >= 11 is 2.77. The van der Waals surface area contributed by atoms with Gasteiger partial charge in [0.2, 0.25) is 5.13 Å². The number of methoxy groups -OCH3 is 2. The summed E-state index contributed by atoms with van der Waals surface area (Å²) in [5, 5.41) is 0.749.